The van der Waals surface area contributed by atoms with Crippen molar-refractivity contribution in [3.63, 3.8) is 0 Å². The average Bonchev–Trinajstić information content (AvgIpc) is 3.03. The number of aromatic nitrogens is 2. The molecule has 6 nitrogen and oxygen atoms in total. The first-order valence-corrected chi connectivity index (χ1v) is 11.0. The van der Waals surface area contributed by atoms with Crippen LogP contribution >= 0.6 is 23.1 Å². The molecule has 0 saturated heterocycles. The van der Waals surface area contributed by atoms with Crippen LogP contribution in [0.15, 0.2) is 47.1 Å². The van der Waals surface area contributed by atoms with E-state index in [9.17, 15) is 13.2 Å². The van der Waals surface area contributed by atoms with E-state index in [0.29, 0.717) is 11.3 Å². The van der Waals surface area contributed by atoms with Crippen LogP contribution in [0.2, 0.25) is 0 Å². The summed E-state index contributed by atoms with van der Waals surface area (Å²) in [5, 5.41) is 3.35. The van der Waals surface area contributed by atoms with Gasteiger partial charge in [0.15, 0.2) is 5.78 Å². The smallest absolute Gasteiger partial charge is 0.229 e. The second-order valence-electron chi connectivity index (χ2n) is 5.39. The molecule has 1 aromatic carbocycles. The summed E-state index contributed by atoms with van der Waals surface area (Å²) in [7, 11) is -3.33. The van der Waals surface area contributed by atoms with E-state index < -0.39 is 10.0 Å². The number of anilines is 1. The highest BCUT2D eigenvalue weighted by Gasteiger charge is 2.19. The van der Waals surface area contributed by atoms with Crippen LogP contribution in [0.1, 0.15) is 17.3 Å². The lowest BCUT2D eigenvalue weighted by molar-refractivity contribution is 0.0994. The molecule has 0 aliphatic rings. The zero-order valence-electron chi connectivity index (χ0n) is 13.5. The van der Waals surface area contributed by atoms with E-state index in [4.69, 9.17) is 0 Å². The molecule has 130 valence electrons. The number of rotatable bonds is 6. The van der Waals surface area contributed by atoms with Crippen LogP contribution in [0.5, 0.6) is 0 Å². The Kier molecular flexibility index (Phi) is 5.07. The molecule has 2 aromatic heterocycles. The SMILES string of the molecule is CC(Sc1ncnc2sccc12)C(=O)c1ccc(NS(C)(=O)=O)cc1. The summed E-state index contributed by atoms with van der Waals surface area (Å²) in [5.74, 6) is -0.0436. The van der Waals surface area contributed by atoms with E-state index in [0.717, 1.165) is 21.5 Å². The van der Waals surface area contributed by atoms with Gasteiger partial charge in [-0.3, -0.25) is 9.52 Å². The van der Waals surface area contributed by atoms with E-state index in [-0.39, 0.29) is 11.0 Å². The van der Waals surface area contributed by atoms with Gasteiger partial charge in [-0.15, -0.1) is 11.3 Å². The van der Waals surface area contributed by atoms with Crippen LogP contribution in [0.4, 0.5) is 5.69 Å². The van der Waals surface area contributed by atoms with Crippen LogP contribution in [-0.2, 0) is 10.0 Å². The Hall–Kier alpha value is -1.97. The molecule has 1 atom stereocenters. The van der Waals surface area contributed by atoms with Gasteiger partial charge in [0.1, 0.15) is 16.2 Å². The van der Waals surface area contributed by atoms with E-state index in [1.165, 1.54) is 29.4 Å². The molecule has 1 N–H and O–H groups in total. The lowest BCUT2D eigenvalue weighted by Gasteiger charge is -2.11. The number of hydrogen-bond acceptors (Lipinski definition) is 7. The zero-order valence-corrected chi connectivity index (χ0v) is 15.9. The third-order valence-electron chi connectivity index (χ3n) is 3.36. The summed E-state index contributed by atoms with van der Waals surface area (Å²) >= 11 is 2.92. The Bertz CT molecular complexity index is 1010. The molecule has 3 aromatic rings. The van der Waals surface area contributed by atoms with Gasteiger partial charge in [0, 0.05) is 16.6 Å². The van der Waals surface area contributed by atoms with Crippen molar-refractivity contribution in [2.45, 2.75) is 17.2 Å². The number of Topliss-reactive ketones (excluding diaryl/α,β-unsaturated/α-hetero) is 1. The maximum absolute atomic E-state index is 12.6. The maximum atomic E-state index is 12.6. The van der Waals surface area contributed by atoms with Crippen molar-refractivity contribution >= 4 is 54.8 Å². The molecule has 0 bridgehead atoms. The molecule has 0 fully saturated rings. The molecular formula is C16H15N3O3S3. The van der Waals surface area contributed by atoms with Crippen molar-refractivity contribution in [1.82, 2.24) is 9.97 Å². The maximum Gasteiger partial charge on any atom is 0.229 e. The molecule has 0 aliphatic carbocycles. The predicted octanol–water partition coefficient (Wildman–Crippen LogP) is 3.43. The minimum Gasteiger partial charge on any atom is -0.293 e. The highest BCUT2D eigenvalue weighted by atomic mass is 32.2. The Balaban J connectivity index is 1.75. The molecule has 25 heavy (non-hydrogen) atoms. The Morgan fingerprint density at radius 1 is 1.20 bits per heavy atom. The van der Waals surface area contributed by atoms with E-state index in [2.05, 4.69) is 14.7 Å². The summed E-state index contributed by atoms with van der Waals surface area (Å²) in [5.41, 5.74) is 0.949. The number of fused-ring (bicyclic) bond motifs is 1. The minimum absolute atomic E-state index is 0.0436. The van der Waals surface area contributed by atoms with Crippen molar-refractivity contribution in [1.29, 1.82) is 0 Å². The second kappa shape index (κ2) is 7.11. The largest absolute Gasteiger partial charge is 0.293 e. The lowest BCUT2D eigenvalue weighted by Crippen LogP contribution is -2.14. The lowest BCUT2D eigenvalue weighted by atomic mass is 10.1. The first-order chi connectivity index (χ1) is 11.8. The first kappa shape index (κ1) is 17.8. The minimum atomic E-state index is -3.33. The van der Waals surface area contributed by atoms with E-state index >= 15 is 0 Å². The standard InChI is InChI=1S/C16H15N3O3S3/c1-10(24-16-13-7-8-23-15(13)17-9-18-16)14(20)11-3-5-12(6-4-11)19-25(2,21)22/h3-10,19H,1-2H3. The van der Waals surface area contributed by atoms with Gasteiger partial charge in [-0.05, 0) is 42.6 Å². The number of thioether (sulfide) groups is 1. The number of carbonyl (C=O) groups is 1. The Morgan fingerprint density at radius 2 is 1.92 bits per heavy atom. The number of hydrogen-bond donors (Lipinski definition) is 1. The van der Waals surface area contributed by atoms with Crippen LogP contribution < -0.4 is 4.72 Å². The predicted molar refractivity (Wildman–Crippen MR) is 102 cm³/mol. The van der Waals surface area contributed by atoms with Gasteiger partial charge in [0.25, 0.3) is 0 Å². The monoisotopic (exact) mass is 393 g/mol. The number of sulfonamides is 1. The molecule has 0 amide bonds. The normalized spacial score (nSPS) is 12.9. The first-order valence-electron chi connectivity index (χ1n) is 7.30. The zero-order chi connectivity index (χ0) is 18.0. The molecule has 1 unspecified atom stereocenters. The second-order valence-corrected chi connectivity index (χ2v) is 9.37. The molecule has 3 rings (SSSR count). The number of ketones is 1. The van der Waals surface area contributed by atoms with Gasteiger partial charge in [0.05, 0.1) is 11.5 Å². The summed E-state index contributed by atoms with van der Waals surface area (Å²) in [4.78, 5) is 22.0. The van der Waals surface area contributed by atoms with Gasteiger partial charge in [-0.2, -0.15) is 0 Å². The summed E-state index contributed by atoms with van der Waals surface area (Å²) in [6, 6.07) is 8.34. The molecule has 0 saturated carbocycles. The fourth-order valence-electron chi connectivity index (χ4n) is 2.23. The topological polar surface area (TPSA) is 89.0 Å². The van der Waals surface area contributed by atoms with Crippen LogP contribution in [0, 0.1) is 0 Å². The highest BCUT2D eigenvalue weighted by Crippen LogP contribution is 2.31. The quantitative estimate of drug-likeness (QED) is 0.392. The number of thiophene rings is 1. The van der Waals surface area contributed by atoms with Gasteiger partial charge in [-0.25, -0.2) is 18.4 Å². The van der Waals surface area contributed by atoms with E-state index in [1.807, 2.05) is 18.4 Å². The molecule has 9 heteroatoms. The fourth-order valence-corrected chi connectivity index (χ4v) is 4.57. The van der Waals surface area contributed by atoms with Crippen LogP contribution in [0.3, 0.4) is 0 Å². The summed E-state index contributed by atoms with van der Waals surface area (Å²) in [6.45, 7) is 1.83. The Morgan fingerprint density at radius 3 is 2.60 bits per heavy atom. The molecule has 0 spiro atoms. The molecule has 0 radical (unpaired) electrons. The van der Waals surface area contributed by atoms with Crippen molar-refractivity contribution in [3.05, 3.63) is 47.6 Å². The molecular weight excluding hydrogens is 378 g/mol. The van der Waals surface area contributed by atoms with E-state index in [1.54, 1.807) is 24.3 Å². The molecule has 2 heterocycles. The molecule has 0 aliphatic heterocycles. The third-order valence-corrected chi connectivity index (χ3v) is 5.90. The number of nitrogens with zero attached hydrogens (tertiary/aromatic N) is 2. The highest BCUT2D eigenvalue weighted by molar-refractivity contribution is 8.00. The Labute approximate surface area is 153 Å². The number of nitrogens with one attached hydrogen (secondary N) is 1. The van der Waals surface area contributed by atoms with Gasteiger partial charge >= 0.3 is 0 Å². The van der Waals surface area contributed by atoms with Gasteiger partial charge in [0.2, 0.25) is 10.0 Å². The summed E-state index contributed by atoms with van der Waals surface area (Å²) in [6.07, 6.45) is 2.59. The van der Waals surface area contributed by atoms with Gasteiger partial charge in [-0.1, -0.05) is 11.8 Å². The average molecular weight is 394 g/mol. The number of benzene rings is 1. The third kappa shape index (κ3) is 4.36. The summed E-state index contributed by atoms with van der Waals surface area (Å²) < 4.78 is 24.8. The van der Waals surface area contributed by atoms with Gasteiger partial charge < -0.3 is 0 Å². The van der Waals surface area contributed by atoms with Crippen molar-refractivity contribution in [2.24, 2.45) is 0 Å². The van der Waals surface area contributed by atoms with Crippen molar-refractivity contribution < 1.29 is 13.2 Å². The van der Waals surface area contributed by atoms with Crippen LogP contribution in [-0.4, -0.2) is 35.7 Å². The van der Waals surface area contributed by atoms with Crippen LogP contribution in [0.25, 0.3) is 10.2 Å². The number of carbonyl (C=O) groups excluding carboxylic acids is 1. The van der Waals surface area contributed by atoms with Crippen molar-refractivity contribution in [3.8, 4) is 0 Å². The fraction of sp³-hybridized carbons (Fsp3) is 0.188. The van der Waals surface area contributed by atoms with Crippen molar-refractivity contribution in [2.75, 3.05) is 11.0 Å².